The van der Waals surface area contributed by atoms with Crippen molar-refractivity contribution in [3.63, 3.8) is 0 Å². The van der Waals surface area contributed by atoms with Gasteiger partial charge in [-0.1, -0.05) is 18.2 Å². The van der Waals surface area contributed by atoms with E-state index in [1.807, 2.05) is 43.3 Å². The van der Waals surface area contributed by atoms with Crippen molar-refractivity contribution in [3.8, 4) is 6.07 Å². The summed E-state index contributed by atoms with van der Waals surface area (Å²) in [5.74, 6) is 2.05. The second kappa shape index (κ2) is 8.94. The molecular formula is C18H20N4OS. The summed E-state index contributed by atoms with van der Waals surface area (Å²) in [5.41, 5.74) is 2.73. The fourth-order valence-electron chi connectivity index (χ4n) is 1.97. The maximum Gasteiger partial charge on any atom is 0.230 e. The molecule has 0 aliphatic rings. The van der Waals surface area contributed by atoms with Gasteiger partial charge in [0.15, 0.2) is 0 Å². The van der Waals surface area contributed by atoms with Gasteiger partial charge in [0.1, 0.15) is 5.82 Å². The van der Waals surface area contributed by atoms with Crippen molar-refractivity contribution in [2.24, 2.45) is 0 Å². The highest BCUT2D eigenvalue weighted by Crippen LogP contribution is 2.13. The quantitative estimate of drug-likeness (QED) is 0.839. The first-order valence-corrected chi connectivity index (χ1v) is 8.69. The Morgan fingerprint density at radius 2 is 1.92 bits per heavy atom. The molecule has 1 amide bonds. The molecule has 0 radical (unpaired) electrons. The standard InChI is InChI=1S/C18H20N4OS/c1-22(2)17-8-7-16(10-20-17)11-21-18(23)13-24-12-15-5-3-14(9-19)4-6-15/h3-8,10H,11-13H2,1-2H3,(H,21,23). The van der Waals surface area contributed by atoms with Crippen LogP contribution in [0.15, 0.2) is 42.6 Å². The SMILES string of the molecule is CN(C)c1ccc(CNC(=O)CSCc2ccc(C#N)cc2)cn1. The van der Waals surface area contributed by atoms with E-state index < -0.39 is 0 Å². The van der Waals surface area contributed by atoms with Crippen LogP contribution in [0, 0.1) is 11.3 Å². The van der Waals surface area contributed by atoms with Crippen LogP contribution in [0.3, 0.4) is 0 Å². The zero-order valence-corrected chi connectivity index (χ0v) is 14.6. The van der Waals surface area contributed by atoms with Gasteiger partial charge < -0.3 is 10.2 Å². The summed E-state index contributed by atoms with van der Waals surface area (Å²) in [6, 6.07) is 13.4. The van der Waals surface area contributed by atoms with E-state index in [1.165, 1.54) is 0 Å². The minimum Gasteiger partial charge on any atom is -0.363 e. The number of amides is 1. The lowest BCUT2D eigenvalue weighted by atomic mass is 10.2. The van der Waals surface area contributed by atoms with Crippen molar-refractivity contribution in [3.05, 3.63) is 59.3 Å². The lowest BCUT2D eigenvalue weighted by molar-refractivity contribution is -0.118. The van der Waals surface area contributed by atoms with Gasteiger partial charge in [0, 0.05) is 32.6 Å². The summed E-state index contributed by atoms with van der Waals surface area (Å²) in [7, 11) is 3.88. The molecule has 24 heavy (non-hydrogen) atoms. The van der Waals surface area contributed by atoms with E-state index in [-0.39, 0.29) is 5.91 Å². The molecule has 0 saturated heterocycles. The summed E-state index contributed by atoms with van der Waals surface area (Å²) < 4.78 is 0. The molecule has 2 aromatic rings. The van der Waals surface area contributed by atoms with E-state index in [0.29, 0.717) is 17.9 Å². The van der Waals surface area contributed by atoms with E-state index in [0.717, 1.165) is 22.7 Å². The van der Waals surface area contributed by atoms with Crippen LogP contribution in [-0.2, 0) is 17.1 Å². The van der Waals surface area contributed by atoms with E-state index in [9.17, 15) is 4.79 Å². The van der Waals surface area contributed by atoms with Crippen molar-refractivity contribution in [2.45, 2.75) is 12.3 Å². The third-order valence-electron chi connectivity index (χ3n) is 3.34. The highest BCUT2D eigenvalue weighted by molar-refractivity contribution is 7.99. The number of pyridine rings is 1. The second-order valence-electron chi connectivity index (χ2n) is 5.50. The molecule has 0 unspecified atom stereocenters. The van der Waals surface area contributed by atoms with Gasteiger partial charge in [-0.2, -0.15) is 5.26 Å². The van der Waals surface area contributed by atoms with Gasteiger partial charge in [0.25, 0.3) is 0 Å². The zero-order chi connectivity index (χ0) is 17.4. The Balaban J connectivity index is 1.70. The van der Waals surface area contributed by atoms with Crippen molar-refractivity contribution >= 4 is 23.5 Å². The van der Waals surface area contributed by atoms with Crippen LogP contribution >= 0.6 is 11.8 Å². The summed E-state index contributed by atoms with van der Waals surface area (Å²) >= 11 is 1.55. The van der Waals surface area contributed by atoms with Crippen molar-refractivity contribution < 1.29 is 4.79 Å². The Morgan fingerprint density at radius 1 is 1.21 bits per heavy atom. The smallest absolute Gasteiger partial charge is 0.230 e. The fourth-order valence-corrected chi connectivity index (χ4v) is 2.79. The number of benzene rings is 1. The van der Waals surface area contributed by atoms with Gasteiger partial charge in [0.2, 0.25) is 5.91 Å². The molecule has 0 fully saturated rings. The number of aromatic nitrogens is 1. The van der Waals surface area contributed by atoms with Gasteiger partial charge in [0.05, 0.1) is 17.4 Å². The Labute approximate surface area is 146 Å². The lowest BCUT2D eigenvalue weighted by Gasteiger charge is -2.11. The normalized spacial score (nSPS) is 10.0. The number of nitriles is 1. The van der Waals surface area contributed by atoms with E-state index >= 15 is 0 Å². The van der Waals surface area contributed by atoms with Gasteiger partial charge in [-0.25, -0.2) is 4.98 Å². The highest BCUT2D eigenvalue weighted by Gasteiger charge is 2.03. The molecule has 1 aromatic heterocycles. The van der Waals surface area contributed by atoms with Gasteiger partial charge in [-0.15, -0.1) is 11.8 Å². The van der Waals surface area contributed by atoms with E-state index in [1.54, 1.807) is 30.1 Å². The molecule has 6 heteroatoms. The van der Waals surface area contributed by atoms with Crippen LogP contribution in [0.2, 0.25) is 0 Å². The van der Waals surface area contributed by atoms with Gasteiger partial charge in [-0.05, 0) is 29.3 Å². The number of thioether (sulfide) groups is 1. The van der Waals surface area contributed by atoms with E-state index in [4.69, 9.17) is 5.26 Å². The van der Waals surface area contributed by atoms with Crippen LogP contribution in [0.5, 0.6) is 0 Å². The molecule has 124 valence electrons. The molecule has 1 aromatic carbocycles. The maximum absolute atomic E-state index is 11.9. The second-order valence-corrected chi connectivity index (χ2v) is 6.48. The molecule has 0 saturated carbocycles. The van der Waals surface area contributed by atoms with Gasteiger partial charge >= 0.3 is 0 Å². The van der Waals surface area contributed by atoms with E-state index in [2.05, 4.69) is 16.4 Å². The number of nitrogens with zero attached hydrogens (tertiary/aromatic N) is 3. The van der Waals surface area contributed by atoms with Crippen molar-refractivity contribution in [2.75, 3.05) is 24.7 Å². The maximum atomic E-state index is 11.9. The Morgan fingerprint density at radius 3 is 2.50 bits per heavy atom. The Bertz CT molecular complexity index is 705. The lowest BCUT2D eigenvalue weighted by Crippen LogP contribution is -2.24. The summed E-state index contributed by atoms with van der Waals surface area (Å²) in [6.07, 6.45) is 1.78. The predicted molar refractivity (Wildman–Crippen MR) is 97.7 cm³/mol. The zero-order valence-electron chi connectivity index (χ0n) is 13.8. The number of carbonyl (C=O) groups is 1. The molecule has 0 aliphatic heterocycles. The topological polar surface area (TPSA) is 69.0 Å². The monoisotopic (exact) mass is 340 g/mol. The summed E-state index contributed by atoms with van der Waals surface area (Å²) in [4.78, 5) is 18.1. The largest absolute Gasteiger partial charge is 0.363 e. The molecule has 0 aliphatic carbocycles. The summed E-state index contributed by atoms with van der Waals surface area (Å²) in [5, 5.41) is 11.7. The average molecular weight is 340 g/mol. The highest BCUT2D eigenvalue weighted by atomic mass is 32.2. The summed E-state index contributed by atoms with van der Waals surface area (Å²) in [6.45, 7) is 0.483. The number of nitrogens with one attached hydrogen (secondary N) is 1. The predicted octanol–water partition coefficient (Wildman–Crippen LogP) is 2.57. The fraction of sp³-hybridized carbons (Fsp3) is 0.278. The van der Waals surface area contributed by atoms with Crippen molar-refractivity contribution in [1.29, 1.82) is 5.26 Å². The number of anilines is 1. The molecule has 0 spiro atoms. The molecular weight excluding hydrogens is 320 g/mol. The first-order valence-electron chi connectivity index (χ1n) is 7.54. The number of rotatable bonds is 7. The number of hydrogen-bond donors (Lipinski definition) is 1. The number of carbonyl (C=O) groups excluding carboxylic acids is 1. The van der Waals surface area contributed by atoms with Crippen LogP contribution < -0.4 is 10.2 Å². The van der Waals surface area contributed by atoms with Crippen LogP contribution in [0.4, 0.5) is 5.82 Å². The first-order chi connectivity index (χ1) is 11.6. The third kappa shape index (κ3) is 5.60. The Kier molecular flexibility index (Phi) is 6.64. The molecule has 2 rings (SSSR count). The van der Waals surface area contributed by atoms with Crippen LogP contribution in [-0.4, -0.2) is 30.7 Å². The van der Waals surface area contributed by atoms with Gasteiger partial charge in [-0.3, -0.25) is 4.79 Å². The molecule has 1 heterocycles. The van der Waals surface area contributed by atoms with Crippen molar-refractivity contribution in [1.82, 2.24) is 10.3 Å². The average Bonchev–Trinajstić information content (AvgIpc) is 2.61. The minimum absolute atomic E-state index is 0.00494. The van der Waals surface area contributed by atoms with Crippen LogP contribution in [0.25, 0.3) is 0 Å². The molecule has 1 N–H and O–H groups in total. The molecule has 0 bridgehead atoms. The minimum atomic E-state index is 0.00494. The Hall–Kier alpha value is -2.52. The first kappa shape index (κ1) is 17.8. The molecule has 0 atom stereocenters. The number of hydrogen-bond acceptors (Lipinski definition) is 5. The third-order valence-corrected chi connectivity index (χ3v) is 4.35. The molecule has 5 nitrogen and oxygen atoms in total. The van der Waals surface area contributed by atoms with Crippen LogP contribution in [0.1, 0.15) is 16.7 Å².